The summed E-state index contributed by atoms with van der Waals surface area (Å²) in [5.41, 5.74) is 0.904. The second kappa shape index (κ2) is 6.85. The van der Waals surface area contributed by atoms with Crippen LogP contribution in [0.25, 0.3) is 0 Å². The number of aryl methyl sites for hydroxylation is 1. The first-order valence-electron chi connectivity index (χ1n) is 5.26. The van der Waals surface area contributed by atoms with E-state index in [9.17, 15) is 4.79 Å². The molecule has 0 aliphatic rings. The number of carbonyl (C=O) groups excluding carboxylic acids is 1. The van der Waals surface area contributed by atoms with Crippen LogP contribution < -0.4 is 0 Å². The van der Waals surface area contributed by atoms with Gasteiger partial charge in [0, 0.05) is 23.7 Å². The fourth-order valence-corrected chi connectivity index (χ4v) is 2.74. The first-order chi connectivity index (χ1) is 8.08. The number of aliphatic hydroxyl groups excluding tert-OH is 2. The molecule has 17 heavy (non-hydrogen) atoms. The summed E-state index contributed by atoms with van der Waals surface area (Å²) < 4.78 is 0.654. The van der Waals surface area contributed by atoms with Crippen LogP contribution in [0.4, 0.5) is 0 Å². The normalized spacial score (nSPS) is 10.5. The molecule has 1 aromatic rings. The molecule has 0 aliphatic heterocycles. The predicted octanol–water partition coefficient (Wildman–Crippen LogP) is 0.470. The van der Waals surface area contributed by atoms with E-state index in [1.54, 1.807) is 0 Å². The Bertz CT molecular complexity index is 421. The highest BCUT2D eigenvalue weighted by Gasteiger charge is 2.15. The lowest BCUT2D eigenvalue weighted by Crippen LogP contribution is -2.36. The zero-order valence-electron chi connectivity index (χ0n) is 9.60. The Morgan fingerprint density at radius 1 is 1.41 bits per heavy atom. The Kier molecular flexibility index (Phi) is 5.76. The van der Waals surface area contributed by atoms with Crippen molar-refractivity contribution < 1.29 is 15.0 Å². The second-order valence-electron chi connectivity index (χ2n) is 3.57. The van der Waals surface area contributed by atoms with E-state index in [4.69, 9.17) is 22.4 Å². The molecule has 1 heterocycles. The molecule has 1 rings (SSSR count). The molecule has 0 saturated heterocycles. The van der Waals surface area contributed by atoms with E-state index in [-0.39, 0.29) is 38.6 Å². The summed E-state index contributed by atoms with van der Waals surface area (Å²) in [6, 6.07) is 0. The van der Waals surface area contributed by atoms with Crippen molar-refractivity contribution in [3.8, 4) is 0 Å². The van der Waals surface area contributed by atoms with Gasteiger partial charge in [0.25, 0.3) is 0 Å². The summed E-state index contributed by atoms with van der Waals surface area (Å²) in [6.45, 7) is 2.15. The maximum atomic E-state index is 11.9. The molecule has 3 N–H and O–H groups in total. The van der Waals surface area contributed by atoms with E-state index < -0.39 is 0 Å². The van der Waals surface area contributed by atoms with Gasteiger partial charge in [-0.3, -0.25) is 4.79 Å². The largest absolute Gasteiger partial charge is 0.395 e. The number of rotatable bonds is 6. The van der Waals surface area contributed by atoms with E-state index in [1.165, 1.54) is 16.2 Å². The molecule has 0 aromatic carbocycles. The van der Waals surface area contributed by atoms with Crippen LogP contribution in [0.3, 0.4) is 0 Å². The van der Waals surface area contributed by atoms with E-state index in [0.29, 0.717) is 3.95 Å². The van der Waals surface area contributed by atoms with Crippen LogP contribution in [0.5, 0.6) is 0 Å². The van der Waals surface area contributed by atoms with E-state index >= 15 is 0 Å². The molecule has 1 aromatic heterocycles. The van der Waals surface area contributed by atoms with Gasteiger partial charge < -0.3 is 20.1 Å². The van der Waals surface area contributed by atoms with Crippen LogP contribution in [0.15, 0.2) is 0 Å². The van der Waals surface area contributed by atoms with Crippen LogP contribution in [-0.2, 0) is 11.2 Å². The first kappa shape index (κ1) is 14.3. The molecule has 0 spiro atoms. The average molecular weight is 276 g/mol. The molecule has 0 unspecified atom stereocenters. The Morgan fingerprint density at radius 3 is 2.41 bits per heavy atom. The van der Waals surface area contributed by atoms with Crippen molar-refractivity contribution in [1.82, 2.24) is 9.88 Å². The molecule has 7 heteroatoms. The fourth-order valence-electron chi connectivity index (χ4n) is 1.46. The topological polar surface area (TPSA) is 76.6 Å². The third-order valence-electron chi connectivity index (χ3n) is 2.33. The van der Waals surface area contributed by atoms with Crippen LogP contribution >= 0.6 is 23.6 Å². The molecule has 0 aliphatic carbocycles. The van der Waals surface area contributed by atoms with Gasteiger partial charge in [-0.25, -0.2) is 0 Å². The molecule has 0 radical (unpaired) electrons. The number of H-pyrrole nitrogens is 1. The lowest BCUT2D eigenvalue weighted by atomic mass is 10.2. The van der Waals surface area contributed by atoms with Gasteiger partial charge in [0.05, 0.1) is 19.6 Å². The predicted molar refractivity (Wildman–Crippen MR) is 68.7 cm³/mol. The molecule has 1 amide bonds. The SMILES string of the molecule is Cc1[nH]c(=S)sc1CC(=O)N(CCO)CCO. The van der Waals surface area contributed by atoms with Gasteiger partial charge in [0.2, 0.25) is 5.91 Å². The fraction of sp³-hybridized carbons (Fsp3) is 0.600. The number of aromatic nitrogens is 1. The standard InChI is InChI=1S/C10H16N2O3S2/c1-7-8(17-10(16)11-7)6-9(15)12(2-4-13)3-5-14/h13-14H,2-6H2,1H3,(H,11,16). The highest BCUT2D eigenvalue weighted by molar-refractivity contribution is 7.73. The Labute approximate surface area is 109 Å². The number of nitrogens with zero attached hydrogens (tertiary/aromatic N) is 1. The van der Waals surface area contributed by atoms with Crippen molar-refractivity contribution in [1.29, 1.82) is 0 Å². The zero-order chi connectivity index (χ0) is 12.8. The minimum atomic E-state index is -0.110. The zero-order valence-corrected chi connectivity index (χ0v) is 11.2. The summed E-state index contributed by atoms with van der Waals surface area (Å²) in [5.74, 6) is -0.110. The number of aromatic amines is 1. The van der Waals surface area contributed by atoms with E-state index in [2.05, 4.69) is 4.98 Å². The first-order valence-corrected chi connectivity index (χ1v) is 6.49. The molecule has 0 fully saturated rings. The molecule has 96 valence electrons. The molecule has 0 bridgehead atoms. The van der Waals surface area contributed by atoms with Crippen molar-refractivity contribution in [2.45, 2.75) is 13.3 Å². The lowest BCUT2D eigenvalue weighted by Gasteiger charge is -2.20. The monoisotopic (exact) mass is 276 g/mol. The summed E-state index contributed by atoms with van der Waals surface area (Å²) in [6.07, 6.45) is 0.254. The van der Waals surface area contributed by atoms with Gasteiger partial charge in [0.1, 0.15) is 0 Å². The smallest absolute Gasteiger partial charge is 0.228 e. The van der Waals surface area contributed by atoms with Gasteiger partial charge in [0.15, 0.2) is 3.95 Å². The number of aliphatic hydroxyl groups is 2. The van der Waals surface area contributed by atoms with Crippen LogP contribution in [-0.4, -0.2) is 52.3 Å². The average Bonchev–Trinajstić information content (AvgIpc) is 2.57. The van der Waals surface area contributed by atoms with Crippen molar-refractivity contribution in [2.24, 2.45) is 0 Å². The van der Waals surface area contributed by atoms with Gasteiger partial charge in [-0.2, -0.15) is 0 Å². The van der Waals surface area contributed by atoms with Crippen LogP contribution in [0, 0.1) is 10.9 Å². The molecule has 5 nitrogen and oxygen atoms in total. The summed E-state index contributed by atoms with van der Waals surface area (Å²) in [4.78, 5) is 17.2. The Balaban J connectivity index is 2.69. The maximum absolute atomic E-state index is 11.9. The van der Waals surface area contributed by atoms with Crippen LogP contribution in [0.2, 0.25) is 0 Å². The number of amides is 1. The van der Waals surface area contributed by atoms with Crippen molar-refractivity contribution in [3.05, 3.63) is 14.5 Å². The Morgan fingerprint density at radius 2 is 2.00 bits per heavy atom. The molecule has 0 saturated carbocycles. The third-order valence-corrected chi connectivity index (χ3v) is 3.66. The summed E-state index contributed by atoms with van der Waals surface area (Å²) in [5, 5.41) is 17.7. The van der Waals surface area contributed by atoms with Crippen molar-refractivity contribution in [2.75, 3.05) is 26.3 Å². The van der Waals surface area contributed by atoms with Crippen molar-refractivity contribution >= 4 is 29.5 Å². The minimum Gasteiger partial charge on any atom is -0.395 e. The van der Waals surface area contributed by atoms with E-state index in [0.717, 1.165) is 10.6 Å². The molecular weight excluding hydrogens is 260 g/mol. The minimum absolute atomic E-state index is 0.104. The number of thiazole rings is 1. The number of nitrogens with one attached hydrogen (secondary N) is 1. The van der Waals surface area contributed by atoms with Gasteiger partial charge in [-0.15, -0.1) is 11.3 Å². The highest BCUT2D eigenvalue weighted by Crippen LogP contribution is 2.16. The number of hydrogen-bond donors (Lipinski definition) is 3. The van der Waals surface area contributed by atoms with Gasteiger partial charge in [-0.1, -0.05) is 0 Å². The van der Waals surface area contributed by atoms with Crippen molar-refractivity contribution in [3.63, 3.8) is 0 Å². The van der Waals surface area contributed by atoms with Gasteiger partial charge in [-0.05, 0) is 19.1 Å². The second-order valence-corrected chi connectivity index (χ2v) is 5.34. The number of carbonyl (C=O) groups is 1. The molecular formula is C10H16N2O3S2. The van der Waals surface area contributed by atoms with Gasteiger partial charge >= 0.3 is 0 Å². The summed E-state index contributed by atoms with van der Waals surface area (Å²) >= 11 is 6.38. The Hall–Kier alpha value is -0.760. The third kappa shape index (κ3) is 4.19. The maximum Gasteiger partial charge on any atom is 0.228 e. The quantitative estimate of drug-likeness (QED) is 0.660. The summed E-state index contributed by atoms with van der Waals surface area (Å²) in [7, 11) is 0. The van der Waals surface area contributed by atoms with Crippen LogP contribution in [0.1, 0.15) is 10.6 Å². The van der Waals surface area contributed by atoms with E-state index in [1.807, 2.05) is 6.92 Å². The number of hydrogen-bond acceptors (Lipinski definition) is 5. The molecule has 0 atom stereocenters. The lowest BCUT2D eigenvalue weighted by molar-refractivity contribution is -0.131. The highest BCUT2D eigenvalue weighted by atomic mass is 32.1.